The molecule has 1 N–H and O–H groups in total. The Hall–Kier alpha value is -0.910. The van der Waals surface area contributed by atoms with Crippen molar-refractivity contribution in [1.29, 1.82) is 0 Å². The van der Waals surface area contributed by atoms with E-state index in [1.165, 1.54) is 4.31 Å². The Balaban J connectivity index is 2.76. The van der Waals surface area contributed by atoms with Crippen molar-refractivity contribution in [2.45, 2.75) is 18.2 Å². The number of hydrogen-bond acceptors (Lipinski definition) is 3. The van der Waals surface area contributed by atoms with E-state index in [1.54, 1.807) is 19.2 Å². The topological polar surface area (TPSA) is 49.4 Å². The summed E-state index contributed by atoms with van der Waals surface area (Å²) in [5, 5.41) is 3.00. The van der Waals surface area contributed by atoms with Gasteiger partial charge in [-0.15, -0.1) is 0 Å². The zero-order valence-corrected chi connectivity index (χ0v) is 11.4. The Morgan fingerprint density at radius 2 is 1.82 bits per heavy atom. The van der Waals surface area contributed by atoms with Crippen LogP contribution in [0.3, 0.4) is 0 Å². The predicted molar refractivity (Wildman–Crippen MR) is 69.5 cm³/mol. The summed E-state index contributed by atoms with van der Waals surface area (Å²) in [5.74, 6) is 0. The maximum absolute atomic E-state index is 12.1. The van der Waals surface area contributed by atoms with Gasteiger partial charge in [0.15, 0.2) is 0 Å². The van der Waals surface area contributed by atoms with Crippen molar-refractivity contribution in [2.75, 3.05) is 27.2 Å². The average molecular weight is 256 g/mol. The number of nitrogens with zero attached hydrogens (tertiary/aromatic N) is 1. The first-order valence-electron chi connectivity index (χ1n) is 5.66. The molecule has 0 atom stereocenters. The SMILES string of the molecule is CNCCCN(C)S(=O)(=O)c1ccc(C)cc1. The Labute approximate surface area is 104 Å². The van der Waals surface area contributed by atoms with Crippen LogP contribution >= 0.6 is 0 Å². The highest BCUT2D eigenvalue weighted by atomic mass is 32.2. The highest BCUT2D eigenvalue weighted by Gasteiger charge is 2.19. The van der Waals surface area contributed by atoms with Crippen molar-refractivity contribution in [1.82, 2.24) is 9.62 Å². The minimum absolute atomic E-state index is 0.357. The molecule has 1 rings (SSSR count). The van der Waals surface area contributed by atoms with Crippen LogP contribution in [0.25, 0.3) is 0 Å². The van der Waals surface area contributed by atoms with Crippen LogP contribution in [-0.4, -0.2) is 39.9 Å². The van der Waals surface area contributed by atoms with Crippen molar-refractivity contribution >= 4 is 10.0 Å². The van der Waals surface area contributed by atoms with Crippen molar-refractivity contribution in [3.63, 3.8) is 0 Å². The lowest BCUT2D eigenvalue weighted by atomic mass is 10.2. The summed E-state index contributed by atoms with van der Waals surface area (Å²) in [7, 11) is 0.141. The van der Waals surface area contributed by atoms with E-state index in [1.807, 2.05) is 26.1 Å². The monoisotopic (exact) mass is 256 g/mol. The molecule has 0 fully saturated rings. The number of nitrogens with one attached hydrogen (secondary N) is 1. The molecule has 0 bridgehead atoms. The molecular formula is C12H20N2O2S. The molecule has 0 aliphatic carbocycles. The second-order valence-corrected chi connectivity index (χ2v) is 6.14. The van der Waals surface area contributed by atoms with Gasteiger partial charge in [0.1, 0.15) is 0 Å². The van der Waals surface area contributed by atoms with Crippen LogP contribution in [0, 0.1) is 6.92 Å². The summed E-state index contributed by atoms with van der Waals surface area (Å²) >= 11 is 0. The van der Waals surface area contributed by atoms with Gasteiger partial charge in [-0.25, -0.2) is 12.7 Å². The van der Waals surface area contributed by atoms with E-state index in [0.29, 0.717) is 11.4 Å². The second-order valence-electron chi connectivity index (χ2n) is 4.10. The summed E-state index contributed by atoms with van der Waals surface area (Å²) in [6.07, 6.45) is 0.804. The molecule has 0 amide bonds. The average Bonchev–Trinajstić information content (AvgIpc) is 2.29. The summed E-state index contributed by atoms with van der Waals surface area (Å²) in [6.45, 7) is 3.28. The largest absolute Gasteiger partial charge is 0.320 e. The molecule has 0 unspecified atom stereocenters. The van der Waals surface area contributed by atoms with Gasteiger partial charge in [-0.05, 0) is 39.1 Å². The standard InChI is InChI=1S/C12H20N2O2S/c1-11-5-7-12(8-6-11)17(15,16)14(3)10-4-9-13-2/h5-8,13H,4,9-10H2,1-3H3. The molecule has 0 aliphatic heterocycles. The van der Waals surface area contributed by atoms with Gasteiger partial charge < -0.3 is 5.32 Å². The fourth-order valence-corrected chi connectivity index (χ4v) is 2.70. The molecule has 0 aromatic heterocycles. The van der Waals surface area contributed by atoms with Crippen LogP contribution in [0.2, 0.25) is 0 Å². The summed E-state index contributed by atoms with van der Waals surface area (Å²) in [5.41, 5.74) is 1.06. The lowest BCUT2D eigenvalue weighted by Crippen LogP contribution is -2.29. The van der Waals surface area contributed by atoms with E-state index in [9.17, 15) is 8.42 Å². The van der Waals surface area contributed by atoms with Crippen LogP contribution < -0.4 is 5.32 Å². The second kappa shape index (κ2) is 6.14. The van der Waals surface area contributed by atoms with E-state index < -0.39 is 10.0 Å². The third-order valence-corrected chi connectivity index (χ3v) is 4.50. The van der Waals surface area contributed by atoms with Crippen molar-refractivity contribution in [3.8, 4) is 0 Å². The molecular weight excluding hydrogens is 236 g/mol. The zero-order valence-electron chi connectivity index (χ0n) is 10.6. The van der Waals surface area contributed by atoms with Gasteiger partial charge in [-0.3, -0.25) is 0 Å². The van der Waals surface area contributed by atoms with Crippen molar-refractivity contribution in [3.05, 3.63) is 29.8 Å². The van der Waals surface area contributed by atoms with Crippen LogP contribution in [0.4, 0.5) is 0 Å². The van der Waals surface area contributed by atoms with Crippen LogP contribution in [0.15, 0.2) is 29.2 Å². The minimum Gasteiger partial charge on any atom is -0.320 e. The Morgan fingerprint density at radius 3 is 2.35 bits per heavy atom. The van der Waals surface area contributed by atoms with Gasteiger partial charge in [0, 0.05) is 13.6 Å². The number of rotatable bonds is 6. The Morgan fingerprint density at radius 1 is 1.24 bits per heavy atom. The third-order valence-electron chi connectivity index (χ3n) is 2.63. The molecule has 0 radical (unpaired) electrons. The maximum Gasteiger partial charge on any atom is 0.242 e. The number of aryl methyl sites for hydroxylation is 1. The van der Waals surface area contributed by atoms with E-state index in [0.717, 1.165) is 18.5 Å². The molecule has 0 heterocycles. The van der Waals surface area contributed by atoms with Gasteiger partial charge in [0.2, 0.25) is 10.0 Å². The van der Waals surface area contributed by atoms with Crippen LogP contribution in [-0.2, 0) is 10.0 Å². The lowest BCUT2D eigenvalue weighted by molar-refractivity contribution is 0.458. The van der Waals surface area contributed by atoms with Crippen molar-refractivity contribution < 1.29 is 8.42 Å². The highest BCUT2D eigenvalue weighted by Crippen LogP contribution is 2.14. The number of hydrogen-bond donors (Lipinski definition) is 1. The summed E-state index contributed by atoms with van der Waals surface area (Å²) < 4.78 is 25.7. The van der Waals surface area contributed by atoms with E-state index >= 15 is 0 Å². The van der Waals surface area contributed by atoms with Gasteiger partial charge >= 0.3 is 0 Å². The Bertz CT molecular complexity index is 440. The molecule has 0 aliphatic rings. The zero-order chi connectivity index (χ0) is 12.9. The van der Waals surface area contributed by atoms with E-state index in [-0.39, 0.29) is 0 Å². The van der Waals surface area contributed by atoms with Gasteiger partial charge in [-0.1, -0.05) is 17.7 Å². The molecule has 0 saturated heterocycles. The fourth-order valence-electron chi connectivity index (χ4n) is 1.49. The minimum atomic E-state index is -3.33. The molecule has 1 aromatic rings. The third kappa shape index (κ3) is 3.80. The first kappa shape index (κ1) is 14.2. The van der Waals surface area contributed by atoms with Gasteiger partial charge in [-0.2, -0.15) is 0 Å². The molecule has 0 saturated carbocycles. The first-order chi connectivity index (χ1) is 7.98. The summed E-state index contributed by atoms with van der Waals surface area (Å²) in [4.78, 5) is 0.357. The fraction of sp³-hybridized carbons (Fsp3) is 0.500. The van der Waals surface area contributed by atoms with E-state index in [4.69, 9.17) is 0 Å². The number of benzene rings is 1. The molecule has 17 heavy (non-hydrogen) atoms. The maximum atomic E-state index is 12.1. The van der Waals surface area contributed by atoms with Gasteiger partial charge in [0.25, 0.3) is 0 Å². The molecule has 96 valence electrons. The molecule has 1 aromatic carbocycles. The molecule has 0 spiro atoms. The number of sulfonamides is 1. The van der Waals surface area contributed by atoms with Gasteiger partial charge in [0.05, 0.1) is 4.90 Å². The highest BCUT2D eigenvalue weighted by molar-refractivity contribution is 7.89. The Kier molecular flexibility index (Phi) is 5.11. The quantitative estimate of drug-likeness (QED) is 0.779. The normalized spacial score (nSPS) is 12.0. The predicted octanol–water partition coefficient (Wildman–Crippen LogP) is 1.23. The smallest absolute Gasteiger partial charge is 0.242 e. The van der Waals surface area contributed by atoms with Crippen LogP contribution in [0.1, 0.15) is 12.0 Å². The lowest BCUT2D eigenvalue weighted by Gasteiger charge is -2.17. The summed E-state index contributed by atoms with van der Waals surface area (Å²) in [6, 6.07) is 6.93. The molecule has 5 heteroatoms. The first-order valence-corrected chi connectivity index (χ1v) is 7.10. The van der Waals surface area contributed by atoms with Crippen LogP contribution in [0.5, 0.6) is 0 Å². The van der Waals surface area contributed by atoms with Crippen molar-refractivity contribution in [2.24, 2.45) is 0 Å². The van der Waals surface area contributed by atoms with E-state index in [2.05, 4.69) is 5.32 Å². The molecule has 4 nitrogen and oxygen atoms in total.